The summed E-state index contributed by atoms with van der Waals surface area (Å²) in [4.78, 5) is 13.7. The Kier molecular flexibility index (Phi) is 3.41. The maximum absolute atomic E-state index is 11.9. The second kappa shape index (κ2) is 4.99. The Morgan fingerprint density at radius 3 is 3.12 bits per heavy atom. The Balaban J connectivity index is 2.15. The van der Waals surface area contributed by atoms with Gasteiger partial charge >= 0.3 is 0 Å². The highest BCUT2D eigenvalue weighted by Gasteiger charge is 2.22. The lowest BCUT2D eigenvalue weighted by atomic mass is 10.2. The van der Waals surface area contributed by atoms with Crippen LogP contribution in [0.25, 0.3) is 0 Å². The van der Waals surface area contributed by atoms with Crippen molar-refractivity contribution in [3.8, 4) is 5.75 Å². The summed E-state index contributed by atoms with van der Waals surface area (Å²) in [5.74, 6) is 0.858. The normalized spacial score (nSPS) is 14.2. The van der Waals surface area contributed by atoms with Crippen molar-refractivity contribution in [1.29, 1.82) is 0 Å². The molecule has 0 bridgehead atoms. The van der Waals surface area contributed by atoms with Crippen LogP contribution < -0.4 is 9.64 Å². The molecule has 0 aromatic heterocycles. The van der Waals surface area contributed by atoms with E-state index in [0.29, 0.717) is 26.2 Å². The Morgan fingerprint density at radius 2 is 2.31 bits per heavy atom. The fourth-order valence-corrected chi connectivity index (χ4v) is 1.75. The average Bonchev–Trinajstić information content (AvgIpc) is 2.35. The first-order valence-corrected chi connectivity index (χ1v) is 5.34. The number of fused-ring (bicyclic) bond motifs is 1. The van der Waals surface area contributed by atoms with E-state index in [1.165, 1.54) is 0 Å². The van der Waals surface area contributed by atoms with E-state index in [1.807, 2.05) is 24.3 Å². The van der Waals surface area contributed by atoms with Crippen LogP contribution in [0.15, 0.2) is 24.3 Å². The molecule has 0 saturated heterocycles. The number of ether oxygens (including phenoxy) is 2. The van der Waals surface area contributed by atoms with Crippen molar-refractivity contribution in [2.45, 2.75) is 6.42 Å². The van der Waals surface area contributed by atoms with Crippen molar-refractivity contribution < 1.29 is 14.3 Å². The molecule has 1 aromatic carbocycles. The van der Waals surface area contributed by atoms with Gasteiger partial charge in [0.15, 0.2) is 0 Å². The molecule has 4 heteroatoms. The standard InChI is InChI=1S/C12H15NO3/c1-15-8-6-12(14)13-7-9-16-11-5-3-2-4-10(11)13/h2-5H,6-9H2,1H3. The van der Waals surface area contributed by atoms with Gasteiger partial charge in [0.05, 0.1) is 25.3 Å². The number of hydrogen-bond donors (Lipinski definition) is 0. The van der Waals surface area contributed by atoms with Crippen LogP contribution in [0.5, 0.6) is 5.75 Å². The lowest BCUT2D eigenvalue weighted by Crippen LogP contribution is -2.38. The monoisotopic (exact) mass is 221 g/mol. The van der Waals surface area contributed by atoms with E-state index in [4.69, 9.17) is 9.47 Å². The van der Waals surface area contributed by atoms with E-state index < -0.39 is 0 Å². The molecule has 1 heterocycles. The predicted molar refractivity (Wildman–Crippen MR) is 60.8 cm³/mol. The molecule has 0 fully saturated rings. The first-order chi connectivity index (χ1) is 7.83. The highest BCUT2D eigenvalue weighted by Crippen LogP contribution is 2.31. The molecule has 2 rings (SSSR count). The summed E-state index contributed by atoms with van der Waals surface area (Å²) in [5, 5.41) is 0. The number of para-hydroxylation sites is 2. The summed E-state index contributed by atoms with van der Waals surface area (Å²) in [5.41, 5.74) is 0.856. The molecule has 0 unspecified atom stereocenters. The number of anilines is 1. The largest absolute Gasteiger partial charge is 0.490 e. The molecule has 1 aliphatic heterocycles. The molecular formula is C12H15NO3. The quantitative estimate of drug-likeness (QED) is 0.775. The second-order valence-corrected chi connectivity index (χ2v) is 3.60. The van der Waals surface area contributed by atoms with E-state index in [9.17, 15) is 4.79 Å². The number of benzene rings is 1. The van der Waals surface area contributed by atoms with Gasteiger partial charge in [-0.1, -0.05) is 12.1 Å². The molecular weight excluding hydrogens is 206 g/mol. The number of methoxy groups -OCH3 is 1. The van der Waals surface area contributed by atoms with Crippen LogP contribution in [0.2, 0.25) is 0 Å². The third-order valence-corrected chi connectivity index (χ3v) is 2.55. The number of rotatable bonds is 3. The van der Waals surface area contributed by atoms with E-state index in [2.05, 4.69) is 0 Å². The summed E-state index contributed by atoms with van der Waals surface area (Å²) >= 11 is 0. The van der Waals surface area contributed by atoms with Crippen LogP contribution in [-0.2, 0) is 9.53 Å². The molecule has 0 saturated carbocycles. The first kappa shape index (κ1) is 11.0. The second-order valence-electron chi connectivity index (χ2n) is 3.60. The average molecular weight is 221 g/mol. The van der Waals surface area contributed by atoms with Crippen LogP contribution >= 0.6 is 0 Å². The topological polar surface area (TPSA) is 38.8 Å². The van der Waals surface area contributed by atoms with E-state index >= 15 is 0 Å². The fourth-order valence-electron chi connectivity index (χ4n) is 1.75. The SMILES string of the molecule is COCCC(=O)N1CCOc2ccccc21. The number of carbonyl (C=O) groups is 1. The van der Waals surface area contributed by atoms with Gasteiger partial charge in [-0.3, -0.25) is 4.79 Å². The van der Waals surface area contributed by atoms with Crippen molar-refractivity contribution in [1.82, 2.24) is 0 Å². The minimum absolute atomic E-state index is 0.0811. The Hall–Kier alpha value is -1.55. The first-order valence-electron chi connectivity index (χ1n) is 5.34. The maximum atomic E-state index is 11.9. The number of hydrogen-bond acceptors (Lipinski definition) is 3. The van der Waals surface area contributed by atoms with Gasteiger partial charge in [0.25, 0.3) is 0 Å². The Morgan fingerprint density at radius 1 is 1.50 bits per heavy atom. The Bertz CT molecular complexity index is 378. The number of carbonyl (C=O) groups excluding carboxylic acids is 1. The zero-order valence-electron chi connectivity index (χ0n) is 9.31. The third-order valence-electron chi connectivity index (χ3n) is 2.55. The molecule has 1 aliphatic rings. The van der Waals surface area contributed by atoms with Gasteiger partial charge in [-0.05, 0) is 12.1 Å². The summed E-state index contributed by atoms with van der Waals surface area (Å²) in [7, 11) is 1.60. The summed E-state index contributed by atoms with van der Waals surface area (Å²) in [6, 6.07) is 7.59. The molecule has 0 aliphatic carbocycles. The van der Waals surface area contributed by atoms with Crippen molar-refractivity contribution in [3.63, 3.8) is 0 Å². The lowest BCUT2D eigenvalue weighted by molar-refractivity contribution is -0.119. The van der Waals surface area contributed by atoms with Crippen molar-refractivity contribution in [2.75, 3.05) is 31.8 Å². The molecule has 86 valence electrons. The van der Waals surface area contributed by atoms with Gasteiger partial charge in [0.1, 0.15) is 12.4 Å². The molecule has 1 aromatic rings. The van der Waals surface area contributed by atoms with Gasteiger partial charge in [0, 0.05) is 7.11 Å². The van der Waals surface area contributed by atoms with Gasteiger partial charge in [0.2, 0.25) is 5.91 Å². The Labute approximate surface area is 94.8 Å². The van der Waals surface area contributed by atoms with Gasteiger partial charge in [-0.2, -0.15) is 0 Å². The molecule has 0 radical (unpaired) electrons. The molecule has 1 amide bonds. The zero-order chi connectivity index (χ0) is 11.4. The fraction of sp³-hybridized carbons (Fsp3) is 0.417. The smallest absolute Gasteiger partial charge is 0.229 e. The van der Waals surface area contributed by atoms with Crippen molar-refractivity contribution >= 4 is 11.6 Å². The van der Waals surface area contributed by atoms with Crippen LogP contribution in [-0.4, -0.2) is 32.8 Å². The molecule has 16 heavy (non-hydrogen) atoms. The summed E-state index contributed by atoms with van der Waals surface area (Å²) in [6.07, 6.45) is 0.408. The third kappa shape index (κ3) is 2.17. The zero-order valence-corrected chi connectivity index (χ0v) is 9.31. The maximum Gasteiger partial charge on any atom is 0.229 e. The molecule has 0 atom stereocenters. The molecule has 0 N–H and O–H groups in total. The minimum atomic E-state index is 0.0811. The van der Waals surface area contributed by atoms with E-state index in [-0.39, 0.29) is 5.91 Å². The highest BCUT2D eigenvalue weighted by molar-refractivity contribution is 5.95. The molecule has 0 spiro atoms. The minimum Gasteiger partial charge on any atom is -0.490 e. The predicted octanol–water partition coefficient (Wildman–Crippen LogP) is 1.45. The van der Waals surface area contributed by atoms with Crippen molar-refractivity contribution in [2.24, 2.45) is 0 Å². The van der Waals surface area contributed by atoms with Crippen molar-refractivity contribution in [3.05, 3.63) is 24.3 Å². The van der Waals surface area contributed by atoms with Gasteiger partial charge in [-0.25, -0.2) is 0 Å². The van der Waals surface area contributed by atoms with Crippen LogP contribution in [0.3, 0.4) is 0 Å². The van der Waals surface area contributed by atoms with E-state index in [0.717, 1.165) is 11.4 Å². The van der Waals surface area contributed by atoms with Crippen LogP contribution in [0.1, 0.15) is 6.42 Å². The van der Waals surface area contributed by atoms with E-state index in [1.54, 1.807) is 12.0 Å². The van der Waals surface area contributed by atoms with Gasteiger partial charge in [-0.15, -0.1) is 0 Å². The number of amides is 1. The van der Waals surface area contributed by atoms with Gasteiger partial charge < -0.3 is 14.4 Å². The molecule has 4 nitrogen and oxygen atoms in total. The summed E-state index contributed by atoms with van der Waals surface area (Å²) in [6.45, 7) is 1.62. The lowest BCUT2D eigenvalue weighted by Gasteiger charge is -2.29. The number of nitrogens with zero attached hydrogens (tertiary/aromatic N) is 1. The highest BCUT2D eigenvalue weighted by atomic mass is 16.5. The van der Waals surface area contributed by atoms with Crippen LogP contribution in [0, 0.1) is 0 Å². The summed E-state index contributed by atoms with van der Waals surface area (Å²) < 4.78 is 10.4. The van der Waals surface area contributed by atoms with Crippen LogP contribution in [0.4, 0.5) is 5.69 Å².